The number of aryl methyl sites for hydroxylation is 2. The quantitative estimate of drug-likeness (QED) is 0.446. The smallest absolute Gasteiger partial charge is 0.0469 e. The van der Waals surface area contributed by atoms with E-state index in [-0.39, 0.29) is 6.04 Å². The highest BCUT2D eigenvalue weighted by atomic mass is 15.2. The average Bonchev–Trinajstić information content (AvgIpc) is 2.17. The number of rotatable bonds is 4. The largest absolute Gasteiger partial charge is 0.271 e. The van der Waals surface area contributed by atoms with Crippen molar-refractivity contribution in [3.63, 3.8) is 0 Å². The number of nitrogens with one attached hydrogen (secondary N) is 1. The zero-order valence-corrected chi connectivity index (χ0v) is 9.38. The fourth-order valence-electron chi connectivity index (χ4n) is 1.78. The molecule has 0 radical (unpaired) electrons. The van der Waals surface area contributed by atoms with E-state index >= 15 is 0 Å². The summed E-state index contributed by atoms with van der Waals surface area (Å²) in [6.07, 6.45) is 6.86. The maximum atomic E-state index is 5.53. The van der Waals surface area contributed by atoms with Crippen molar-refractivity contribution in [3.8, 4) is 12.3 Å². The molecule has 1 aromatic carbocycles. The first-order valence-electron chi connectivity index (χ1n) is 5.15. The highest BCUT2D eigenvalue weighted by Gasteiger charge is 2.09. The van der Waals surface area contributed by atoms with Crippen LogP contribution in [-0.2, 0) is 0 Å². The molecule has 0 bridgehead atoms. The summed E-state index contributed by atoms with van der Waals surface area (Å²) < 4.78 is 0. The van der Waals surface area contributed by atoms with Crippen LogP contribution in [0.3, 0.4) is 0 Å². The van der Waals surface area contributed by atoms with Gasteiger partial charge >= 0.3 is 0 Å². The van der Waals surface area contributed by atoms with E-state index in [1.165, 1.54) is 16.7 Å². The molecule has 3 N–H and O–H groups in total. The molecule has 1 unspecified atom stereocenters. The van der Waals surface area contributed by atoms with Gasteiger partial charge in [0.05, 0.1) is 0 Å². The first kappa shape index (κ1) is 11.8. The lowest BCUT2D eigenvalue weighted by molar-refractivity contribution is 0.523. The van der Waals surface area contributed by atoms with Crippen LogP contribution in [0.2, 0.25) is 0 Å². The molecule has 0 aliphatic heterocycles. The molecule has 1 rings (SSSR count). The fourth-order valence-corrected chi connectivity index (χ4v) is 1.78. The molecule has 0 aliphatic carbocycles. The molecule has 0 saturated carbocycles. The number of hydrazine groups is 1. The van der Waals surface area contributed by atoms with Crippen LogP contribution in [0, 0.1) is 26.2 Å². The molecule has 2 heteroatoms. The summed E-state index contributed by atoms with van der Waals surface area (Å²) in [5.74, 6) is 8.16. The topological polar surface area (TPSA) is 38.0 Å². The summed E-state index contributed by atoms with van der Waals surface area (Å²) in [6, 6.07) is 6.60. The molecule has 0 fully saturated rings. The Bertz CT molecular complexity index is 343. The van der Waals surface area contributed by atoms with Gasteiger partial charge in [-0.25, -0.2) is 0 Å². The van der Waals surface area contributed by atoms with Crippen molar-refractivity contribution in [2.45, 2.75) is 32.7 Å². The van der Waals surface area contributed by atoms with E-state index in [0.29, 0.717) is 0 Å². The molecule has 0 saturated heterocycles. The molecule has 1 aromatic rings. The van der Waals surface area contributed by atoms with Crippen molar-refractivity contribution in [2.75, 3.05) is 0 Å². The van der Waals surface area contributed by atoms with Crippen molar-refractivity contribution in [1.82, 2.24) is 5.43 Å². The number of hydrogen-bond acceptors (Lipinski definition) is 2. The highest BCUT2D eigenvalue weighted by Crippen LogP contribution is 2.20. The lowest BCUT2D eigenvalue weighted by atomic mass is 9.98. The predicted molar refractivity (Wildman–Crippen MR) is 64.0 cm³/mol. The third-order valence-corrected chi connectivity index (χ3v) is 2.42. The first-order chi connectivity index (χ1) is 7.17. The first-order valence-corrected chi connectivity index (χ1v) is 5.15. The van der Waals surface area contributed by atoms with E-state index in [9.17, 15) is 0 Å². The molecule has 0 heterocycles. The van der Waals surface area contributed by atoms with Crippen LogP contribution in [0.5, 0.6) is 0 Å². The standard InChI is InChI=1S/C13H18N2/c1-4-5-6-13(15-14)12-8-10(2)7-11(3)9-12/h1,7-9,13,15H,5-6,14H2,2-3H3. The SMILES string of the molecule is C#CCCC(NN)c1cc(C)cc(C)c1. The van der Waals surface area contributed by atoms with Crippen molar-refractivity contribution < 1.29 is 0 Å². The van der Waals surface area contributed by atoms with E-state index < -0.39 is 0 Å². The third kappa shape index (κ3) is 3.39. The minimum Gasteiger partial charge on any atom is -0.271 e. The number of benzene rings is 1. The Kier molecular flexibility index (Phi) is 4.36. The zero-order valence-electron chi connectivity index (χ0n) is 9.38. The third-order valence-electron chi connectivity index (χ3n) is 2.42. The molecular weight excluding hydrogens is 184 g/mol. The molecule has 1 atom stereocenters. The van der Waals surface area contributed by atoms with Crippen LogP contribution in [0.15, 0.2) is 18.2 Å². The summed E-state index contributed by atoms with van der Waals surface area (Å²) in [4.78, 5) is 0. The molecule has 0 amide bonds. The van der Waals surface area contributed by atoms with E-state index in [2.05, 4.69) is 43.4 Å². The van der Waals surface area contributed by atoms with Crippen LogP contribution in [0.25, 0.3) is 0 Å². The molecule has 0 aromatic heterocycles. The van der Waals surface area contributed by atoms with Gasteiger partial charge in [0.25, 0.3) is 0 Å². The second-order valence-corrected chi connectivity index (χ2v) is 3.88. The van der Waals surface area contributed by atoms with Crippen LogP contribution in [-0.4, -0.2) is 0 Å². The normalized spacial score (nSPS) is 12.1. The van der Waals surface area contributed by atoms with E-state index in [0.717, 1.165) is 12.8 Å². The van der Waals surface area contributed by atoms with Gasteiger partial charge in [0.1, 0.15) is 0 Å². The summed E-state index contributed by atoms with van der Waals surface area (Å²) in [5.41, 5.74) is 6.54. The Morgan fingerprint density at radius 1 is 1.33 bits per heavy atom. The Morgan fingerprint density at radius 3 is 2.40 bits per heavy atom. The van der Waals surface area contributed by atoms with Gasteiger partial charge in [0.15, 0.2) is 0 Å². The van der Waals surface area contributed by atoms with E-state index in [4.69, 9.17) is 12.3 Å². The lowest BCUT2D eigenvalue weighted by Gasteiger charge is -2.16. The summed E-state index contributed by atoms with van der Waals surface area (Å²) in [5, 5.41) is 0. The number of nitrogens with two attached hydrogens (primary N) is 1. The van der Waals surface area contributed by atoms with Gasteiger partial charge in [-0.15, -0.1) is 12.3 Å². The maximum absolute atomic E-state index is 5.53. The van der Waals surface area contributed by atoms with Crippen LogP contribution in [0.4, 0.5) is 0 Å². The average molecular weight is 202 g/mol. The van der Waals surface area contributed by atoms with E-state index in [1.54, 1.807) is 0 Å². The van der Waals surface area contributed by atoms with Gasteiger partial charge in [-0.1, -0.05) is 29.3 Å². The predicted octanol–water partition coefficient (Wildman–Crippen LogP) is 2.22. The van der Waals surface area contributed by atoms with Crippen molar-refractivity contribution >= 4 is 0 Å². The number of hydrogen-bond donors (Lipinski definition) is 2. The second kappa shape index (κ2) is 5.55. The Balaban J connectivity index is 2.87. The minimum absolute atomic E-state index is 0.152. The van der Waals surface area contributed by atoms with Gasteiger partial charge in [0.2, 0.25) is 0 Å². The van der Waals surface area contributed by atoms with Gasteiger partial charge in [-0.3, -0.25) is 11.3 Å². The molecule has 2 nitrogen and oxygen atoms in total. The van der Waals surface area contributed by atoms with Gasteiger partial charge in [-0.05, 0) is 25.8 Å². The second-order valence-electron chi connectivity index (χ2n) is 3.88. The fraction of sp³-hybridized carbons (Fsp3) is 0.385. The Morgan fingerprint density at radius 2 is 1.93 bits per heavy atom. The molecule has 15 heavy (non-hydrogen) atoms. The summed E-state index contributed by atoms with van der Waals surface area (Å²) in [6.45, 7) is 4.18. The zero-order chi connectivity index (χ0) is 11.3. The monoisotopic (exact) mass is 202 g/mol. The minimum atomic E-state index is 0.152. The Labute approximate surface area is 91.8 Å². The van der Waals surface area contributed by atoms with Crippen LogP contribution in [0.1, 0.15) is 35.6 Å². The highest BCUT2D eigenvalue weighted by molar-refractivity contribution is 5.30. The lowest BCUT2D eigenvalue weighted by Crippen LogP contribution is -2.28. The Hall–Kier alpha value is -1.30. The number of terminal acetylenes is 1. The van der Waals surface area contributed by atoms with Crippen LogP contribution < -0.4 is 11.3 Å². The van der Waals surface area contributed by atoms with E-state index in [1.807, 2.05) is 0 Å². The van der Waals surface area contributed by atoms with Crippen molar-refractivity contribution in [1.29, 1.82) is 0 Å². The molecule has 80 valence electrons. The maximum Gasteiger partial charge on any atom is 0.0469 e. The molecular formula is C13H18N2. The van der Waals surface area contributed by atoms with Crippen molar-refractivity contribution in [3.05, 3.63) is 34.9 Å². The molecule has 0 aliphatic rings. The summed E-state index contributed by atoms with van der Waals surface area (Å²) >= 11 is 0. The van der Waals surface area contributed by atoms with Crippen LogP contribution >= 0.6 is 0 Å². The van der Waals surface area contributed by atoms with Crippen molar-refractivity contribution in [2.24, 2.45) is 5.84 Å². The van der Waals surface area contributed by atoms with Gasteiger partial charge in [-0.2, -0.15) is 0 Å². The van der Waals surface area contributed by atoms with Gasteiger partial charge in [0, 0.05) is 12.5 Å². The van der Waals surface area contributed by atoms with Gasteiger partial charge < -0.3 is 0 Å². The summed E-state index contributed by atoms with van der Waals surface area (Å²) in [7, 11) is 0. The molecule has 0 spiro atoms.